The maximum Gasteiger partial charge on any atom is 0.147 e. The lowest BCUT2D eigenvalue weighted by Crippen LogP contribution is -2.30. The molecule has 2 aromatic carbocycles. The Hall–Kier alpha value is -0.660. The molecule has 0 aromatic heterocycles. The lowest BCUT2D eigenvalue weighted by molar-refractivity contribution is 0.546. The summed E-state index contributed by atoms with van der Waals surface area (Å²) in [4.78, 5) is 0.875. The minimum atomic E-state index is -0.506. The fraction of sp³-hybridized carbons (Fsp3) is 0.143. The Balaban J connectivity index is 2.13. The molecular weight excluding hydrogens is 382 g/mol. The van der Waals surface area contributed by atoms with Crippen LogP contribution in [0.15, 0.2) is 45.8 Å². The summed E-state index contributed by atoms with van der Waals surface area (Å²) in [5, 5.41) is 0.0273. The van der Waals surface area contributed by atoms with Crippen LogP contribution in [0.25, 0.3) is 0 Å². The number of thioether (sulfide) groups is 1. The molecule has 1 unspecified atom stereocenters. The summed E-state index contributed by atoms with van der Waals surface area (Å²) in [6, 6.07) is 8.98. The van der Waals surface area contributed by atoms with Gasteiger partial charge in [-0.05, 0) is 46.3 Å². The van der Waals surface area contributed by atoms with Crippen molar-refractivity contribution >= 4 is 39.3 Å². The fourth-order valence-corrected chi connectivity index (χ4v) is 3.19. The van der Waals surface area contributed by atoms with E-state index >= 15 is 0 Å². The second-order valence-corrected chi connectivity index (χ2v) is 6.57. The average molecular weight is 394 g/mol. The third kappa shape index (κ3) is 4.17. The summed E-state index contributed by atoms with van der Waals surface area (Å²) in [5.41, 5.74) is 2.97. The van der Waals surface area contributed by atoms with Gasteiger partial charge in [0.2, 0.25) is 0 Å². The Kier molecular flexibility index (Phi) is 6.01. The Morgan fingerprint density at radius 1 is 1.19 bits per heavy atom. The second-order valence-electron chi connectivity index (χ2n) is 4.25. The van der Waals surface area contributed by atoms with Crippen LogP contribution in [0.5, 0.6) is 0 Å². The van der Waals surface area contributed by atoms with E-state index in [1.165, 1.54) is 23.9 Å². The molecule has 112 valence electrons. The second kappa shape index (κ2) is 7.56. The summed E-state index contributed by atoms with van der Waals surface area (Å²) in [6.07, 6.45) is 0. The van der Waals surface area contributed by atoms with Crippen molar-refractivity contribution in [3.05, 3.63) is 63.1 Å². The van der Waals surface area contributed by atoms with Gasteiger partial charge in [0.1, 0.15) is 11.6 Å². The molecule has 2 rings (SSSR count). The summed E-state index contributed by atoms with van der Waals surface area (Å²) >= 11 is 10.5. The first-order chi connectivity index (χ1) is 10.0. The number of hydrazine groups is 1. The van der Waals surface area contributed by atoms with E-state index in [1.54, 1.807) is 24.3 Å². The van der Waals surface area contributed by atoms with Crippen molar-refractivity contribution in [1.29, 1.82) is 0 Å². The summed E-state index contributed by atoms with van der Waals surface area (Å²) in [5.74, 6) is 5.19. The number of hydrogen-bond acceptors (Lipinski definition) is 3. The normalized spacial score (nSPS) is 12.4. The standard InChI is InChI=1S/C14H12BrClF2N2S/c15-11-6-5-10(14(18)13(11)16)12(20-19)7-21-9-3-1-8(17)2-4-9/h1-6,12,20H,7,19H2. The van der Waals surface area contributed by atoms with E-state index in [1.807, 2.05) is 0 Å². The SMILES string of the molecule is NNC(CSc1ccc(F)cc1)c1ccc(Br)c(Cl)c1F. The molecule has 3 N–H and O–H groups in total. The first-order valence-electron chi connectivity index (χ1n) is 6.01. The van der Waals surface area contributed by atoms with Gasteiger partial charge in [-0.3, -0.25) is 11.3 Å². The minimum Gasteiger partial charge on any atom is -0.271 e. The van der Waals surface area contributed by atoms with Crippen LogP contribution in [0, 0.1) is 11.6 Å². The third-order valence-corrected chi connectivity index (χ3v) is 5.24. The predicted molar refractivity (Wildman–Crippen MR) is 86.3 cm³/mol. The molecule has 2 aromatic rings. The van der Waals surface area contributed by atoms with Gasteiger partial charge >= 0.3 is 0 Å². The summed E-state index contributed by atoms with van der Waals surface area (Å²) in [7, 11) is 0. The van der Waals surface area contributed by atoms with Crippen LogP contribution in [0.1, 0.15) is 11.6 Å². The molecule has 0 radical (unpaired) electrons. The zero-order chi connectivity index (χ0) is 15.4. The van der Waals surface area contributed by atoms with Crippen molar-refractivity contribution in [1.82, 2.24) is 5.43 Å². The lowest BCUT2D eigenvalue weighted by Gasteiger charge is -2.17. The van der Waals surface area contributed by atoms with E-state index in [9.17, 15) is 8.78 Å². The highest BCUT2D eigenvalue weighted by molar-refractivity contribution is 9.10. The smallest absolute Gasteiger partial charge is 0.147 e. The molecular formula is C14H12BrClF2N2S. The molecule has 0 heterocycles. The molecule has 21 heavy (non-hydrogen) atoms. The van der Waals surface area contributed by atoms with Crippen molar-refractivity contribution < 1.29 is 8.78 Å². The van der Waals surface area contributed by atoms with Gasteiger partial charge in [-0.2, -0.15) is 0 Å². The van der Waals surface area contributed by atoms with E-state index in [-0.39, 0.29) is 10.8 Å². The van der Waals surface area contributed by atoms with Gasteiger partial charge in [-0.1, -0.05) is 17.7 Å². The van der Waals surface area contributed by atoms with Crippen molar-refractivity contribution in [3.8, 4) is 0 Å². The molecule has 0 saturated carbocycles. The highest BCUT2D eigenvalue weighted by Gasteiger charge is 2.18. The molecule has 0 bridgehead atoms. The zero-order valence-corrected chi connectivity index (χ0v) is 13.9. The van der Waals surface area contributed by atoms with Crippen LogP contribution in [0.4, 0.5) is 8.78 Å². The van der Waals surface area contributed by atoms with Gasteiger partial charge in [0.25, 0.3) is 0 Å². The number of nitrogens with one attached hydrogen (secondary N) is 1. The first-order valence-corrected chi connectivity index (χ1v) is 8.16. The maximum absolute atomic E-state index is 14.2. The topological polar surface area (TPSA) is 38.0 Å². The summed E-state index contributed by atoms with van der Waals surface area (Å²) in [6.45, 7) is 0. The number of nitrogens with two attached hydrogens (primary N) is 1. The molecule has 0 aliphatic rings. The molecule has 0 amide bonds. The maximum atomic E-state index is 14.2. The zero-order valence-electron chi connectivity index (χ0n) is 10.7. The van der Waals surface area contributed by atoms with E-state index < -0.39 is 11.9 Å². The van der Waals surface area contributed by atoms with Crippen molar-refractivity contribution in [2.24, 2.45) is 5.84 Å². The van der Waals surface area contributed by atoms with Gasteiger partial charge in [-0.15, -0.1) is 11.8 Å². The highest BCUT2D eigenvalue weighted by atomic mass is 79.9. The van der Waals surface area contributed by atoms with Crippen LogP contribution in [0.2, 0.25) is 5.02 Å². The van der Waals surface area contributed by atoms with Crippen molar-refractivity contribution in [3.63, 3.8) is 0 Å². The van der Waals surface area contributed by atoms with Crippen LogP contribution in [-0.2, 0) is 0 Å². The number of halogens is 4. The average Bonchev–Trinajstić information content (AvgIpc) is 2.49. The third-order valence-electron chi connectivity index (χ3n) is 2.87. The molecule has 0 saturated heterocycles. The van der Waals surface area contributed by atoms with Crippen molar-refractivity contribution in [2.75, 3.05) is 5.75 Å². The summed E-state index contributed by atoms with van der Waals surface area (Å²) < 4.78 is 27.5. The van der Waals surface area contributed by atoms with Crippen molar-refractivity contribution in [2.45, 2.75) is 10.9 Å². The van der Waals surface area contributed by atoms with E-state index in [0.717, 1.165) is 4.90 Å². The van der Waals surface area contributed by atoms with Gasteiger partial charge in [0.15, 0.2) is 0 Å². The van der Waals surface area contributed by atoms with E-state index in [0.29, 0.717) is 15.8 Å². The molecule has 1 atom stereocenters. The van der Waals surface area contributed by atoms with Crippen LogP contribution < -0.4 is 11.3 Å². The van der Waals surface area contributed by atoms with Crippen LogP contribution in [0.3, 0.4) is 0 Å². The monoisotopic (exact) mass is 392 g/mol. The Bertz CT molecular complexity index is 625. The molecule has 0 spiro atoms. The highest BCUT2D eigenvalue weighted by Crippen LogP contribution is 2.32. The minimum absolute atomic E-state index is 0.0273. The number of rotatable bonds is 5. The molecule has 0 fully saturated rings. The van der Waals surface area contributed by atoms with Crippen LogP contribution >= 0.6 is 39.3 Å². The lowest BCUT2D eigenvalue weighted by atomic mass is 10.1. The first kappa shape index (κ1) is 16.7. The van der Waals surface area contributed by atoms with Gasteiger partial charge in [0.05, 0.1) is 11.1 Å². The van der Waals surface area contributed by atoms with Gasteiger partial charge in [0, 0.05) is 20.7 Å². The van der Waals surface area contributed by atoms with Gasteiger partial charge in [-0.25, -0.2) is 8.78 Å². The Labute approximate surface area is 139 Å². The predicted octanol–water partition coefficient (Wildman–Crippen LogP) is 4.68. The Morgan fingerprint density at radius 2 is 1.86 bits per heavy atom. The largest absolute Gasteiger partial charge is 0.271 e. The number of hydrogen-bond donors (Lipinski definition) is 2. The van der Waals surface area contributed by atoms with Gasteiger partial charge < -0.3 is 0 Å². The van der Waals surface area contributed by atoms with E-state index in [2.05, 4.69) is 21.4 Å². The van der Waals surface area contributed by atoms with Crippen LogP contribution in [-0.4, -0.2) is 5.75 Å². The number of benzene rings is 2. The molecule has 0 aliphatic heterocycles. The van der Waals surface area contributed by atoms with E-state index in [4.69, 9.17) is 17.4 Å². The fourth-order valence-electron chi connectivity index (χ4n) is 1.75. The molecule has 0 aliphatic carbocycles. The molecule has 2 nitrogen and oxygen atoms in total. The molecule has 7 heteroatoms. The quantitative estimate of drug-likeness (QED) is 0.335. The Morgan fingerprint density at radius 3 is 2.48 bits per heavy atom.